The van der Waals surface area contributed by atoms with E-state index in [9.17, 15) is 9.59 Å². The van der Waals surface area contributed by atoms with E-state index in [0.29, 0.717) is 0 Å². The summed E-state index contributed by atoms with van der Waals surface area (Å²) >= 11 is 0. The highest BCUT2D eigenvalue weighted by atomic mass is 16.2. The van der Waals surface area contributed by atoms with Gasteiger partial charge >= 0.3 is 0 Å². The number of nitrogens with zero attached hydrogens (tertiary/aromatic N) is 1. The topological polar surface area (TPSA) is 61.4 Å². The Hall–Kier alpha value is -2.56. The number of hydrogen-bond acceptors (Lipinski definition) is 3. The Morgan fingerprint density at radius 1 is 1.04 bits per heavy atom. The van der Waals surface area contributed by atoms with Crippen molar-refractivity contribution in [2.45, 2.75) is 32.2 Å². The fraction of sp³-hybridized carbons (Fsp3) is 0.400. The van der Waals surface area contributed by atoms with Crippen LogP contribution in [0.2, 0.25) is 0 Å². The van der Waals surface area contributed by atoms with Crippen molar-refractivity contribution >= 4 is 28.3 Å². The summed E-state index contributed by atoms with van der Waals surface area (Å²) < 4.78 is 0. The van der Waals surface area contributed by atoms with Crippen molar-refractivity contribution in [1.82, 2.24) is 10.2 Å². The number of fused-ring (bicyclic) bond motifs is 1. The SMILES string of the molecule is C[C@H](NC(=O)CNc1cccc2ccccc12)C(=O)N1CCCCC1. The molecule has 5 heteroatoms. The monoisotopic (exact) mass is 339 g/mol. The van der Waals surface area contributed by atoms with E-state index in [1.165, 1.54) is 6.42 Å². The number of nitrogens with one attached hydrogen (secondary N) is 2. The number of piperidine rings is 1. The van der Waals surface area contributed by atoms with E-state index < -0.39 is 6.04 Å². The van der Waals surface area contributed by atoms with E-state index >= 15 is 0 Å². The molecule has 132 valence electrons. The lowest BCUT2D eigenvalue weighted by Gasteiger charge is -2.29. The molecule has 2 amide bonds. The van der Waals surface area contributed by atoms with Gasteiger partial charge in [0.1, 0.15) is 6.04 Å². The van der Waals surface area contributed by atoms with Gasteiger partial charge in [0, 0.05) is 24.2 Å². The maximum Gasteiger partial charge on any atom is 0.244 e. The Morgan fingerprint density at radius 3 is 2.56 bits per heavy atom. The summed E-state index contributed by atoms with van der Waals surface area (Å²) in [6.07, 6.45) is 3.28. The molecule has 0 saturated carbocycles. The molecule has 1 aliphatic heterocycles. The highest BCUT2D eigenvalue weighted by Gasteiger charge is 2.23. The Bertz CT molecular complexity index is 748. The number of carbonyl (C=O) groups excluding carboxylic acids is 2. The first-order valence-electron chi connectivity index (χ1n) is 8.95. The summed E-state index contributed by atoms with van der Waals surface area (Å²) in [5.41, 5.74) is 0.920. The summed E-state index contributed by atoms with van der Waals surface area (Å²) in [6.45, 7) is 3.50. The number of likely N-dealkylation sites (tertiary alicyclic amines) is 1. The average Bonchev–Trinajstić information content (AvgIpc) is 2.66. The van der Waals surface area contributed by atoms with Crippen LogP contribution in [0.5, 0.6) is 0 Å². The van der Waals surface area contributed by atoms with Crippen molar-refractivity contribution in [2.75, 3.05) is 25.0 Å². The quantitative estimate of drug-likeness (QED) is 0.880. The maximum absolute atomic E-state index is 12.4. The minimum atomic E-state index is -0.486. The average molecular weight is 339 g/mol. The molecule has 25 heavy (non-hydrogen) atoms. The fourth-order valence-electron chi connectivity index (χ4n) is 3.30. The normalized spacial score (nSPS) is 15.6. The first-order chi connectivity index (χ1) is 12.1. The summed E-state index contributed by atoms with van der Waals surface area (Å²) in [5, 5.41) is 8.18. The molecule has 0 aliphatic carbocycles. The summed E-state index contributed by atoms with van der Waals surface area (Å²) in [4.78, 5) is 26.4. The van der Waals surface area contributed by atoms with Crippen LogP contribution in [0.4, 0.5) is 5.69 Å². The minimum Gasteiger partial charge on any atom is -0.376 e. The van der Waals surface area contributed by atoms with Crippen LogP contribution in [0.1, 0.15) is 26.2 Å². The number of rotatable bonds is 5. The lowest BCUT2D eigenvalue weighted by molar-refractivity contribution is -0.136. The van der Waals surface area contributed by atoms with Gasteiger partial charge in [-0.2, -0.15) is 0 Å². The zero-order valence-electron chi connectivity index (χ0n) is 14.6. The van der Waals surface area contributed by atoms with E-state index in [-0.39, 0.29) is 18.4 Å². The predicted octanol–water partition coefficient (Wildman–Crippen LogP) is 2.77. The summed E-state index contributed by atoms with van der Waals surface area (Å²) in [6, 6.07) is 13.5. The smallest absolute Gasteiger partial charge is 0.244 e. The second-order valence-corrected chi connectivity index (χ2v) is 6.56. The van der Waals surface area contributed by atoms with Gasteiger partial charge in [-0.05, 0) is 37.6 Å². The van der Waals surface area contributed by atoms with Gasteiger partial charge in [0.15, 0.2) is 0 Å². The minimum absolute atomic E-state index is 0.0122. The molecule has 1 fully saturated rings. The Balaban J connectivity index is 1.54. The number of benzene rings is 2. The number of hydrogen-bond donors (Lipinski definition) is 2. The Morgan fingerprint density at radius 2 is 1.76 bits per heavy atom. The van der Waals surface area contributed by atoms with Crippen LogP contribution in [0, 0.1) is 0 Å². The van der Waals surface area contributed by atoms with Crippen LogP contribution in [0.3, 0.4) is 0 Å². The van der Waals surface area contributed by atoms with Crippen molar-refractivity contribution in [2.24, 2.45) is 0 Å². The maximum atomic E-state index is 12.4. The molecule has 0 spiro atoms. The third-order valence-corrected chi connectivity index (χ3v) is 4.64. The van der Waals surface area contributed by atoms with Crippen molar-refractivity contribution in [3.8, 4) is 0 Å². The number of carbonyl (C=O) groups is 2. The molecule has 2 N–H and O–H groups in total. The van der Waals surface area contributed by atoms with E-state index in [1.54, 1.807) is 6.92 Å². The van der Waals surface area contributed by atoms with Crippen LogP contribution < -0.4 is 10.6 Å². The van der Waals surface area contributed by atoms with Gasteiger partial charge in [0.05, 0.1) is 6.54 Å². The van der Waals surface area contributed by atoms with Crippen LogP contribution in [0.25, 0.3) is 10.8 Å². The zero-order chi connectivity index (χ0) is 17.6. The lowest BCUT2D eigenvalue weighted by Crippen LogP contribution is -2.49. The van der Waals surface area contributed by atoms with Gasteiger partial charge in [-0.3, -0.25) is 9.59 Å². The lowest BCUT2D eigenvalue weighted by atomic mass is 10.1. The molecular formula is C20H25N3O2. The predicted molar refractivity (Wildman–Crippen MR) is 100 cm³/mol. The molecule has 1 atom stereocenters. The zero-order valence-corrected chi connectivity index (χ0v) is 14.6. The number of anilines is 1. The molecule has 3 rings (SSSR count). The second kappa shape index (κ2) is 8.01. The molecule has 5 nitrogen and oxygen atoms in total. The van der Waals surface area contributed by atoms with E-state index in [4.69, 9.17) is 0 Å². The Kier molecular flexibility index (Phi) is 5.53. The van der Waals surface area contributed by atoms with Crippen molar-refractivity contribution < 1.29 is 9.59 Å². The van der Waals surface area contributed by atoms with Gasteiger partial charge in [0.25, 0.3) is 0 Å². The van der Waals surface area contributed by atoms with Crippen molar-refractivity contribution in [1.29, 1.82) is 0 Å². The third-order valence-electron chi connectivity index (χ3n) is 4.64. The van der Waals surface area contributed by atoms with Gasteiger partial charge < -0.3 is 15.5 Å². The Labute approximate surface area is 148 Å². The fourth-order valence-corrected chi connectivity index (χ4v) is 3.30. The first kappa shape index (κ1) is 17.3. The summed E-state index contributed by atoms with van der Waals surface area (Å²) in [5.74, 6) is -0.163. The molecule has 0 unspecified atom stereocenters. The van der Waals surface area contributed by atoms with Crippen LogP contribution >= 0.6 is 0 Å². The second-order valence-electron chi connectivity index (χ2n) is 6.56. The molecule has 2 aromatic rings. The molecule has 0 bridgehead atoms. The van der Waals surface area contributed by atoms with Gasteiger partial charge in [0.2, 0.25) is 11.8 Å². The molecule has 1 saturated heterocycles. The molecule has 0 radical (unpaired) electrons. The van der Waals surface area contributed by atoms with E-state index in [0.717, 1.165) is 42.4 Å². The molecule has 1 aliphatic rings. The van der Waals surface area contributed by atoms with Crippen molar-refractivity contribution in [3.63, 3.8) is 0 Å². The van der Waals surface area contributed by atoms with Gasteiger partial charge in [-0.15, -0.1) is 0 Å². The largest absolute Gasteiger partial charge is 0.376 e. The summed E-state index contributed by atoms with van der Waals surface area (Å²) in [7, 11) is 0. The highest BCUT2D eigenvalue weighted by molar-refractivity contribution is 5.95. The highest BCUT2D eigenvalue weighted by Crippen LogP contribution is 2.22. The van der Waals surface area contributed by atoms with E-state index in [2.05, 4.69) is 10.6 Å². The van der Waals surface area contributed by atoms with Crippen molar-refractivity contribution in [3.05, 3.63) is 42.5 Å². The first-order valence-corrected chi connectivity index (χ1v) is 8.95. The number of amides is 2. The van der Waals surface area contributed by atoms with Crippen LogP contribution in [0.15, 0.2) is 42.5 Å². The van der Waals surface area contributed by atoms with Crippen LogP contribution in [-0.2, 0) is 9.59 Å². The molecule has 2 aromatic carbocycles. The molecular weight excluding hydrogens is 314 g/mol. The van der Waals surface area contributed by atoms with E-state index in [1.807, 2.05) is 47.4 Å². The van der Waals surface area contributed by atoms with Crippen LogP contribution in [-0.4, -0.2) is 42.4 Å². The van der Waals surface area contributed by atoms with Gasteiger partial charge in [-0.1, -0.05) is 36.4 Å². The third kappa shape index (κ3) is 4.29. The van der Waals surface area contributed by atoms with Gasteiger partial charge in [-0.25, -0.2) is 0 Å². The molecule has 1 heterocycles. The molecule has 0 aromatic heterocycles. The standard InChI is InChI=1S/C20H25N3O2/c1-15(20(25)23-12-5-2-6-13-23)22-19(24)14-21-18-11-7-9-16-8-3-4-10-17(16)18/h3-4,7-11,15,21H,2,5-6,12-14H2,1H3,(H,22,24)/t15-/m0/s1.